The Labute approximate surface area is 179 Å². The number of rotatable bonds is 9. The van der Waals surface area contributed by atoms with Gasteiger partial charge in [-0.15, -0.1) is 0 Å². The van der Waals surface area contributed by atoms with Gasteiger partial charge in [0.15, 0.2) is 0 Å². The maximum Gasteiger partial charge on any atom is 0.317 e. The van der Waals surface area contributed by atoms with Crippen molar-refractivity contribution in [1.29, 1.82) is 5.41 Å². The van der Waals surface area contributed by atoms with Crippen LogP contribution >= 0.6 is 0 Å². The van der Waals surface area contributed by atoms with Crippen molar-refractivity contribution in [2.75, 3.05) is 13.1 Å². The number of carbonyl (C=O) groups excluding carboxylic acids is 2. The number of nitrogen functional groups attached to an aromatic ring is 1. The zero-order valence-corrected chi connectivity index (χ0v) is 16.9. The molecule has 2 atom stereocenters. The van der Waals surface area contributed by atoms with Crippen LogP contribution in [0.4, 0.5) is 0 Å². The van der Waals surface area contributed by atoms with Crippen LogP contribution in [-0.4, -0.2) is 52.8 Å². The lowest BCUT2D eigenvalue weighted by Gasteiger charge is -2.41. The van der Waals surface area contributed by atoms with Crippen molar-refractivity contribution in [1.82, 2.24) is 15.5 Å². The van der Waals surface area contributed by atoms with E-state index in [1.54, 1.807) is 42.5 Å². The summed E-state index contributed by atoms with van der Waals surface area (Å²) in [5, 5.41) is 22.1. The number of carbonyl (C=O) groups is 3. The van der Waals surface area contributed by atoms with E-state index in [0.717, 1.165) is 5.56 Å². The molecular weight excluding hydrogens is 398 g/mol. The molecule has 9 nitrogen and oxygen atoms in total. The van der Waals surface area contributed by atoms with Gasteiger partial charge in [0.2, 0.25) is 11.8 Å². The second-order valence-corrected chi connectivity index (χ2v) is 7.29. The first-order chi connectivity index (χ1) is 14.9. The van der Waals surface area contributed by atoms with E-state index in [1.165, 1.54) is 4.90 Å². The fourth-order valence-electron chi connectivity index (χ4n) is 3.43. The fourth-order valence-corrected chi connectivity index (χ4v) is 3.43. The van der Waals surface area contributed by atoms with E-state index in [0.29, 0.717) is 24.1 Å². The number of amidine groups is 1. The van der Waals surface area contributed by atoms with Gasteiger partial charge in [0.05, 0.1) is 6.54 Å². The molecule has 0 radical (unpaired) electrons. The predicted molar refractivity (Wildman–Crippen MR) is 114 cm³/mol. The van der Waals surface area contributed by atoms with E-state index in [2.05, 4.69) is 10.6 Å². The van der Waals surface area contributed by atoms with Gasteiger partial charge in [-0.3, -0.25) is 25.1 Å². The van der Waals surface area contributed by atoms with Crippen LogP contribution in [0, 0.1) is 5.41 Å². The monoisotopic (exact) mass is 423 g/mol. The lowest BCUT2D eigenvalue weighted by Crippen LogP contribution is -2.60. The highest BCUT2D eigenvalue weighted by atomic mass is 16.4. The van der Waals surface area contributed by atoms with Gasteiger partial charge in [-0.1, -0.05) is 48.5 Å². The van der Waals surface area contributed by atoms with Gasteiger partial charge < -0.3 is 21.1 Å². The number of carboxylic acid groups (broad SMARTS) is 1. The van der Waals surface area contributed by atoms with Gasteiger partial charge in [-0.05, 0) is 23.6 Å². The van der Waals surface area contributed by atoms with E-state index < -0.39 is 18.1 Å². The summed E-state index contributed by atoms with van der Waals surface area (Å²) in [4.78, 5) is 38.2. The van der Waals surface area contributed by atoms with E-state index >= 15 is 0 Å². The van der Waals surface area contributed by atoms with Crippen LogP contribution in [0.1, 0.15) is 29.2 Å². The first-order valence-corrected chi connectivity index (χ1v) is 9.88. The van der Waals surface area contributed by atoms with Crippen LogP contribution in [0.3, 0.4) is 0 Å². The Balaban J connectivity index is 1.65. The fraction of sp³-hybridized carbons (Fsp3) is 0.273. The number of nitrogens with two attached hydrogens (primary N) is 1. The molecular formula is C22H25N5O4. The third-order valence-corrected chi connectivity index (χ3v) is 5.15. The van der Waals surface area contributed by atoms with Gasteiger partial charge in [-0.2, -0.15) is 0 Å². The molecule has 31 heavy (non-hydrogen) atoms. The van der Waals surface area contributed by atoms with Gasteiger partial charge in [0.25, 0.3) is 0 Å². The average molecular weight is 423 g/mol. The van der Waals surface area contributed by atoms with Crippen molar-refractivity contribution < 1.29 is 19.5 Å². The third kappa shape index (κ3) is 5.46. The quantitative estimate of drug-likeness (QED) is 0.295. The Kier molecular flexibility index (Phi) is 6.99. The van der Waals surface area contributed by atoms with Crippen LogP contribution in [-0.2, 0) is 20.9 Å². The molecule has 1 fully saturated rings. The molecule has 0 bridgehead atoms. The Morgan fingerprint density at radius 3 is 2.52 bits per heavy atom. The van der Waals surface area contributed by atoms with Crippen LogP contribution in [0.5, 0.6) is 0 Å². The minimum absolute atomic E-state index is 0.0512. The molecule has 1 saturated heterocycles. The summed E-state index contributed by atoms with van der Waals surface area (Å²) in [6.07, 6.45) is 0.533. The molecule has 0 aliphatic carbocycles. The molecule has 2 amide bonds. The highest BCUT2D eigenvalue weighted by Crippen LogP contribution is 2.24. The molecule has 0 aromatic heterocycles. The third-order valence-electron chi connectivity index (χ3n) is 5.15. The summed E-state index contributed by atoms with van der Waals surface area (Å²) >= 11 is 0. The predicted octanol–water partition coefficient (Wildman–Crippen LogP) is 0.603. The lowest BCUT2D eigenvalue weighted by molar-refractivity contribution is -0.149. The van der Waals surface area contributed by atoms with E-state index in [4.69, 9.17) is 16.2 Å². The molecule has 2 aromatic carbocycles. The number of hydrogen-bond donors (Lipinski definition) is 5. The molecule has 0 spiro atoms. The average Bonchev–Trinajstić information content (AvgIpc) is 2.72. The molecule has 3 rings (SSSR count). The molecule has 0 saturated carbocycles. The zero-order valence-electron chi connectivity index (χ0n) is 16.9. The van der Waals surface area contributed by atoms with Crippen molar-refractivity contribution >= 4 is 23.6 Å². The molecule has 0 unspecified atom stereocenters. The minimum Gasteiger partial charge on any atom is -0.480 e. The first kappa shape index (κ1) is 22.0. The largest absolute Gasteiger partial charge is 0.480 e. The van der Waals surface area contributed by atoms with Gasteiger partial charge >= 0.3 is 5.97 Å². The molecule has 162 valence electrons. The second-order valence-electron chi connectivity index (χ2n) is 7.29. The maximum absolute atomic E-state index is 13.1. The lowest BCUT2D eigenvalue weighted by atomic mass is 9.97. The van der Waals surface area contributed by atoms with Crippen LogP contribution in [0.15, 0.2) is 54.6 Å². The number of nitrogens with zero attached hydrogens (tertiary/aromatic N) is 1. The molecule has 2 aromatic rings. The summed E-state index contributed by atoms with van der Waals surface area (Å²) in [5.74, 6) is -1.74. The number of nitrogens with one attached hydrogen (secondary N) is 3. The first-order valence-electron chi connectivity index (χ1n) is 9.88. The molecule has 1 heterocycles. The summed E-state index contributed by atoms with van der Waals surface area (Å²) in [6.45, 7) is 0.301. The number of likely N-dealkylation sites (tertiary alicyclic amines) is 1. The summed E-state index contributed by atoms with van der Waals surface area (Å²) < 4.78 is 0. The van der Waals surface area contributed by atoms with E-state index in [-0.39, 0.29) is 30.7 Å². The van der Waals surface area contributed by atoms with Crippen LogP contribution < -0.4 is 16.4 Å². The normalized spacial score (nSPS) is 16.1. The Hall–Kier alpha value is -3.72. The highest BCUT2D eigenvalue weighted by molar-refractivity contribution is 5.95. The standard InChI is InChI=1S/C22H25N5O4/c23-20(24)16-8-4-5-14(11-16)12-26-21(30)17-9-10-27(17)22(31)19(25-13-18(28)29)15-6-2-1-3-7-15/h1-8,11,17,19,25H,9-10,12-13H2,(H3,23,24)(H,26,30)(H,28,29)/t17-,19+/m0/s1. The summed E-state index contributed by atoms with van der Waals surface area (Å²) in [6, 6.07) is 14.4. The molecule has 9 heteroatoms. The van der Waals surface area contributed by atoms with Crippen molar-refractivity contribution in [2.45, 2.75) is 25.0 Å². The molecule has 1 aliphatic rings. The smallest absolute Gasteiger partial charge is 0.317 e. The topological polar surface area (TPSA) is 149 Å². The Bertz CT molecular complexity index is 979. The number of benzene rings is 2. The second kappa shape index (κ2) is 9.86. The van der Waals surface area contributed by atoms with Crippen molar-refractivity contribution in [3.8, 4) is 0 Å². The number of aliphatic carboxylic acids is 1. The van der Waals surface area contributed by atoms with Crippen molar-refractivity contribution in [3.63, 3.8) is 0 Å². The van der Waals surface area contributed by atoms with Gasteiger partial charge in [-0.25, -0.2) is 0 Å². The van der Waals surface area contributed by atoms with E-state index in [1.807, 2.05) is 12.1 Å². The maximum atomic E-state index is 13.1. The van der Waals surface area contributed by atoms with Crippen LogP contribution in [0.25, 0.3) is 0 Å². The number of hydrogen-bond acceptors (Lipinski definition) is 5. The number of amides is 2. The highest BCUT2D eigenvalue weighted by Gasteiger charge is 2.40. The van der Waals surface area contributed by atoms with E-state index in [9.17, 15) is 14.4 Å². The van der Waals surface area contributed by atoms with Gasteiger partial charge in [0, 0.05) is 18.7 Å². The van der Waals surface area contributed by atoms with Crippen molar-refractivity contribution in [3.05, 3.63) is 71.3 Å². The Morgan fingerprint density at radius 1 is 1.16 bits per heavy atom. The Morgan fingerprint density at radius 2 is 1.90 bits per heavy atom. The SMILES string of the molecule is N=C(N)c1cccc(CNC(=O)[C@@H]2CCN2C(=O)[C@H](NCC(=O)O)c2ccccc2)c1. The minimum atomic E-state index is -1.07. The molecule has 6 N–H and O–H groups in total. The summed E-state index contributed by atoms with van der Waals surface area (Å²) in [5.41, 5.74) is 7.50. The van der Waals surface area contributed by atoms with Gasteiger partial charge in [0.1, 0.15) is 17.9 Å². The zero-order chi connectivity index (χ0) is 22.4. The molecule has 1 aliphatic heterocycles. The number of carboxylic acids is 1. The summed E-state index contributed by atoms with van der Waals surface area (Å²) in [7, 11) is 0. The van der Waals surface area contributed by atoms with Crippen LogP contribution in [0.2, 0.25) is 0 Å². The van der Waals surface area contributed by atoms with Crippen molar-refractivity contribution in [2.24, 2.45) is 5.73 Å².